The molecule has 0 fully saturated rings. The molecule has 0 spiro atoms. The Balaban J connectivity index is 2.53. The fourth-order valence-corrected chi connectivity index (χ4v) is 1.25. The van der Waals surface area contributed by atoms with Gasteiger partial charge < -0.3 is 14.9 Å². The van der Waals surface area contributed by atoms with Crippen molar-refractivity contribution in [3.05, 3.63) is 29.8 Å². The summed E-state index contributed by atoms with van der Waals surface area (Å²) in [5, 5.41) is 17.6. The third-order valence-corrected chi connectivity index (χ3v) is 2.13. The lowest BCUT2D eigenvalue weighted by atomic mass is 10.1. The van der Waals surface area contributed by atoms with Crippen molar-refractivity contribution in [3.63, 3.8) is 0 Å². The van der Waals surface area contributed by atoms with Gasteiger partial charge in [-0.25, -0.2) is 4.79 Å². The Bertz CT molecular complexity index is 335. The van der Waals surface area contributed by atoms with E-state index in [0.29, 0.717) is 6.42 Å². The number of aryl methyl sites for hydroxylation is 1. The maximum atomic E-state index is 10.4. The maximum absolute atomic E-state index is 10.4. The Kier molecular flexibility index (Phi) is 4.12. The Hall–Kier alpha value is -1.55. The van der Waals surface area contributed by atoms with Gasteiger partial charge in [0.15, 0.2) is 6.10 Å². The number of hydrogen-bond acceptors (Lipinski definition) is 3. The van der Waals surface area contributed by atoms with Gasteiger partial charge >= 0.3 is 5.97 Å². The molecule has 0 heterocycles. The second-order valence-electron chi connectivity index (χ2n) is 3.24. The Morgan fingerprint density at radius 3 is 2.87 bits per heavy atom. The highest BCUT2D eigenvalue weighted by molar-refractivity contribution is 5.71. The highest BCUT2D eigenvalue weighted by Crippen LogP contribution is 2.14. The van der Waals surface area contributed by atoms with Crippen LogP contribution in [0.2, 0.25) is 0 Å². The van der Waals surface area contributed by atoms with E-state index in [9.17, 15) is 4.79 Å². The van der Waals surface area contributed by atoms with Gasteiger partial charge in [0.1, 0.15) is 5.75 Å². The number of carbonyl (C=O) groups is 1. The number of aliphatic carboxylic acids is 1. The van der Waals surface area contributed by atoms with Gasteiger partial charge in [0.05, 0.1) is 7.11 Å². The van der Waals surface area contributed by atoms with Gasteiger partial charge in [-0.3, -0.25) is 0 Å². The van der Waals surface area contributed by atoms with Crippen LogP contribution in [0.25, 0.3) is 0 Å². The SMILES string of the molecule is COc1cccc(CCC(O)C(=O)O)c1. The summed E-state index contributed by atoms with van der Waals surface area (Å²) in [4.78, 5) is 10.4. The standard InChI is InChI=1S/C11H14O4/c1-15-9-4-2-3-8(7-9)5-6-10(12)11(13)14/h2-4,7,10,12H,5-6H2,1H3,(H,13,14). The second-order valence-corrected chi connectivity index (χ2v) is 3.24. The fraction of sp³-hybridized carbons (Fsp3) is 0.364. The number of aliphatic hydroxyl groups is 1. The van der Waals surface area contributed by atoms with Gasteiger partial charge in [-0.05, 0) is 30.5 Å². The van der Waals surface area contributed by atoms with Crippen LogP contribution in [0.15, 0.2) is 24.3 Å². The molecular formula is C11H14O4. The summed E-state index contributed by atoms with van der Waals surface area (Å²) in [6.45, 7) is 0. The van der Waals surface area contributed by atoms with E-state index in [4.69, 9.17) is 14.9 Å². The van der Waals surface area contributed by atoms with Crippen LogP contribution >= 0.6 is 0 Å². The number of rotatable bonds is 5. The largest absolute Gasteiger partial charge is 0.497 e. The number of methoxy groups -OCH3 is 1. The summed E-state index contributed by atoms with van der Waals surface area (Å²) in [7, 11) is 1.57. The summed E-state index contributed by atoms with van der Waals surface area (Å²) in [6.07, 6.45) is -0.566. The van der Waals surface area contributed by atoms with Crippen molar-refractivity contribution in [2.75, 3.05) is 7.11 Å². The quantitative estimate of drug-likeness (QED) is 0.763. The average Bonchev–Trinajstić information content (AvgIpc) is 2.26. The zero-order chi connectivity index (χ0) is 11.3. The number of aliphatic hydroxyl groups excluding tert-OH is 1. The molecule has 15 heavy (non-hydrogen) atoms. The van der Waals surface area contributed by atoms with Crippen molar-refractivity contribution in [1.82, 2.24) is 0 Å². The molecule has 0 saturated heterocycles. The van der Waals surface area contributed by atoms with E-state index in [0.717, 1.165) is 11.3 Å². The molecule has 82 valence electrons. The molecule has 1 aromatic carbocycles. The molecule has 1 rings (SSSR count). The topological polar surface area (TPSA) is 66.8 Å². The minimum absolute atomic E-state index is 0.211. The second kappa shape index (κ2) is 5.36. The summed E-state index contributed by atoms with van der Waals surface area (Å²) < 4.78 is 5.03. The van der Waals surface area contributed by atoms with Crippen LogP contribution in [0.4, 0.5) is 0 Å². The first-order valence-corrected chi connectivity index (χ1v) is 4.67. The van der Waals surface area contributed by atoms with E-state index in [-0.39, 0.29) is 6.42 Å². The van der Waals surface area contributed by atoms with Crippen LogP contribution in [0, 0.1) is 0 Å². The van der Waals surface area contributed by atoms with Crippen molar-refractivity contribution in [1.29, 1.82) is 0 Å². The summed E-state index contributed by atoms with van der Waals surface area (Å²) in [5.41, 5.74) is 0.953. The first kappa shape index (κ1) is 11.5. The lowest BCUT2D eigenvalue weighted by Gasteiger charge is -2.06. The normalized spacial score (nSPS) is 12.1. The molecule has 0 radical (unpaired) electrons. The zero-order valence-corrected chi connectivity index (χ0v) is 8.51. The minimum atomic E-state index is -1.30. The number of ether oxygens (including phenoxy) is 1. The van der Waals surface area contributed by atoms with E-state index in [1.54, 1.807) is 7.11 Å². The summed E-state index contributed by atoms with van der Waals surface area (Å²) in [6, 6.07) is 7.35. The van der Waals surface area contributed by atoms with Crippen molar-refractivity contribution in [3.8, 4) is 5.75 Å². The average molecular weight is 210 g/mol. The van der Waals surface area contributed by atoms with E-state index >= 15 is 0 Å². The van der Waals surface area contributed by atoms with Gasteiger partial charge in [-0.2, -0.15) is 0 Å². The molecule has 0 amide bonds. The van der Waals surface area contributed by atoms with Crippen LogP contribution in [0.3, 0.4) is 0 Å². The molecule has 0 saturated carbocycles. The third-order valence-electron chi connectivity index (χ3n) is 2.13. The van der Waals surface area contributed by atoms with Crippen LogP contribution in [0.5, 0.6) is 5.75 Å². The van der Waals surface area contributed by atoms with E-state index < -0.39 is 12.1 Å². The predicted molar refractivity (Wildman–Crippen MR) is 55.0 cm³/mol. The molecule has 0 aliphatic rings. The van der Waals surface area contributed by atoms with Gasteiger partial charge in [0.25, 0.3) is 0 Å². The molecule has 0 aliphatic heterocycles. The highest BCUT2D eigenvalue weighted by Gasteiger charge is 2.12. The monoisotopic (exact) mass is 210 g/mol. The van der Waals surface area contributed by atoms with Crippen LogP contribution < -0.4 is 4.74 Å². The Morgan fingerprint density at radius 1 is 1.53 bits per heavy atom. The third kappa shape index (κ3) is 3.59. The fourth-order valence-electron chi connectivity index (χ4n) is 1.25. The smallest absolute Gasteiger partial charge is 0.332 e. The van der Waals surface area contributed by atoms with Gasteiger partial charge in [0, 0.05) is 0 Å². The lowest BCUT2D eigenvalue weighted by Crippen LogP contribution is -2.19. The molecule has 1 atom stereocenters. The number of carboxylic acid groups (broad SMARTS) is 1. The van der Waals surface area contributed by atoms with Gasteiger partial charge in [-0.1, -0.05) is 12.1 Å². The number of carboxylic acids is 1. The molecule has 2 N–H and O–H groups in total. The summed E-state index contributed by atoms with van der Waals surface area (Å²) in [5.74, 6) is -0.449. The number of hydrogen-bond donors (Lipinski definition) is 2. The molecular weight excluding hydrogens is 196 g/mol. The summed E-state index contributed by atoms with van der Waals surface area (Å²) >= 11 is 0. The Morgan fingerprint density at radius 2 is 2.27 bits per heavy atom. The van der Waals surface area contributed by atoms with Crippen LogP contribution in [0.1, 0.15) is 12.0 Å². The predicted octanol–water partition coefficient (Wildman–Crippen LogP) is 1.07. The van der Waals surface area contributed by atoms with Crippen molar-refractivity contribution >= 4 is 5.97 Å². The molecule has 1 unspecified atom stereocenters. The highest BCUT2D eigenvalue weighted by atomic mass is 16.5. The molecule has 4 nitrogen and oxygen atoms in total. The zero-order valence-electron chi connectivity index (χ0n) is 8.51. The number of benzene rings is 1. The molecule has 0 aromatic heterocycles. The molecule has 0 aliphatic carbocycles. The molecule has 1 aromatic rings. The van der Waals surface area contributed by atoms with Gasteiger partial charge in [-0.15, -0.1) is 0 Å². The van der Waals surface area contributed by atoms with Crippen LogP contribution in [-0.2, 0) is 11.2 Å². The van der Waals surface area contributed by atoms with Crippen molar-refractivity contribution in [2.45, 2.75) is 18.9 Å². The van der Waals surface area contributed by atoms with Gasteiger partial charge in [0.2, 0.25) is 0 Å². The molecule has 4 heteroatoms. The van der Waals surface area contributed by atoms with E-state index in [2.05, 4.69) is 0 Å². The lowest BCUT2D eigenvalue weighted by molar-refractivity contribution is -0.146. The maximum Gasteiger partial charge on any atom is 0.332 e. The Labute approximate surface area is 88.1 Å². The first-order chi connectivity index (χ1) is 7.13. The van der Waals surface area contributed by atoms with E-state index in [1.165, 1.54) is 0 Å². The van der Waals surface area contributed by atoms with Crippen molar-refractivity contribution in [2.24, 2.45) is 0 Å². The minimum Gasteiger partial charge on any atom is -0.497 e. The molecule has 0 bridgehead atoms. The van der Waals surface area contributed by atoms with Crippen LogP contribution in [-0.4, -0.2) is 29.4 Å². The first-order valence-electron chi connectivity index (χ1n) is 4.67. The van der Waals surface area contributed by atoms with Crippen molar-refractivity contribution < 1.29 is 19.7 Å². The van der Waals surface area contributed by atoms with E-state index in [1.807, 2.05) is 24.3 Å².